The molecule has 0 aliphatic heterocycles. The quantitative estimate of drug-likeness (QED) is 0.817. The lowest BCUT2D eigenvalue weighted by atomic mass is 10.1. The summed E-state index contributed by atoms with van der Waals surface area (Å²) in [6, 6.07) is 8.43. The summed E-state index contributed by atoms with van der Waals surface area (Å²) in [4.78, 5) is 0. The van der Waals surface area contributed by atoms with Crippen molar-refractivity contribution in [2.24, 2.45) is 0 Å². The first-order valence-electron chi connectivity index (χ1n) is 7.51. The Hall–Kier alpha value is -1.28. The van der Waals surface area contributed by atoms with Crippen LogP contribution in [-0.2, 0) is 19.4 Å². The van der Waals surface area contributed by atoms with E-state index in [0.717, 1.165) is 30.1 Å². The number of pyridine rings is 1. The second-order valence-corrected chi connectivity index (χ2v) is 5.53. The maximum absolute atomic E-state index is 8.42. The number of nitrogens with one attached hydrogen (secondary N) is 1. The van der Waals surface area contributed by atoms with Gasteiger partial charge in [0.15, 0.2) is 0 Å². The van der Waals surface area contributed by atoms with Crippen LogP contribution < -0.4 is 5.36 Å². The summed E-state index contributed by atoms with van der Waals surface area (Å²) in [6.45, 7) is 3.36. The van der Waals surface area contributed by atoms with E-state index in [1.807, 2.05) is 0 Å². The molecule has 2 aromatic rings. The van der Waals surface area contributed by atoms with Gasteiger partial charge in [-0.25, -0.2) is 0 Å². The van der Waals surface area contributed by atoms with Gasteiger partial charge in [-0.1, -0.05) is 38.0 Å². The molecule has 0 saturated carbocycles. The number of rotatable bonds is 4. The second-order valence-electron chi connectivity index (χ2n) is 5.53. The van der Waals surface area contributed by atoms with Crippen LogP contribution in [0.2, 0.25) is 0 Å². The van der Waals surface area contributed by atoms with E-state index >= 15 is 0 Å². The van der Waals surface area contributed by atoms with Crippen LogP contribution in [0.4, 0.5) is 0 Å². The number of unbranched alkanes of at least 4 members (excludes halogenated alkanes) is 2. The number of aromatic nitrogens is 1. The van der Waals surface area contributed by atoms with Gasteiger partial charge in [-0.05, 0) is 37.3 Å². The lowest BCUT2D eigenvalue weighted by Crippen LogP contribution is -2.17. The maximum atomic E-state index is 8.42. The third-order valence-electron chi connectivity index (χ3n) is 4.27. The number of hydrogen-bond donors (Lipinski definition) is 1. The number of aryl methyl sites for hydroxylation is 1. The van der Waals surface area contributed by atoms with Gasteiger partial charge in [-0.15, -0.1) is 12.4 Å². The van der Waals surface area contributed by atoms with Crippen molar-refractivity contribution in [2.45, 2.75) is 52.0 Å². The molecular formula is C17H23ClN2. The van der Waals surface area contributed by atoms with E-state index in [1.165, 1.54) is 42.5 Å². The van der Waals surface area contributed by atoms with Crippen molar-refractivity contribution < 1.29 is 0 Å². The van der Waals surface area contributed by atoms with Crippen LogP contribution >= 0.6 is 12.4 Å². The van der Waals surface area contributed by atoms with E-state index in [1.54, 1.807) is 0 Å². The van der Waals surface area contributed by atoms with Crippen molar-refractivity contribution in [3.05, 3.63) is 40.9 Å². The SMILES string of the molecule is CCCCCn1c2c(c(=N)c3ccccc31)CCC2.Cl. The Labute approximate surface area is 126 Å². The monoisotopic (exact) mass is 290 g/mol. The van der Waals surface area contributed by atoms with Gasteiger partial charge >= 0.3 is 0 Å². The first kappa shape index (κ1) is 15.1. The average molecular weight is 291 g/mol. The number of benzene rings is 1. The van der Waals surface area contributed by atoms with Crippen LogP contribution in [0.1, 0.15) is 43.9 Å². The molecule has 3 heteroatoms. The molecule has 20 heavy (non-hydrogen) atoms. The topological polar surface area (TPSA) is 28.8 Å². The smallest absolute Gasteiger partial charge is 0.0682 e. The Balaban J connectivity index is 0.00000147. The van der Waals surface area contributed by atoms with E-state index in [2.05, 4.69) is 35.8 Å². The molecule has 1 aromatic heterocycles. The third kappa shape index (κ3) is 2.49. The zero-order chi connectivity index (χ0) is 13.2. The van der Waals surface area contributed by atoms with Crippen molar-refractivity contribution in [1.82, 2.24) is 4.57 Å². The molecule has 0 unspecified atom stereocenters. The summed E-state index contributed by atoms with van der Waals surface area (Å²) in [5.41, 5.74) is 3.99. The molecule has 0 atom stereocenters. The molecule has 0 saturated heterocycles. The van der Waals surface area contributed by atoms with Crippen LogP contribution in [0.15, 0.2) is 24.3 Å². The molecule has 108 valence electrons. The first-order chi connectivity index (χ1) is 9.33. The van der Waals surface area contributed by atoms with Crippen molar-refractivity contribution in [2.75, 3.05) is 0 Å². The second kappa shape index (κ2) is 6.45. The molecule has 0 bridgehead atoms. The van der Waals surface area contributed by atoms with Crippen LogP contribution in [0, 0.1) is 5.41 Å². The van der Waals surface area contributed by atoms with Gasteiger partial charge in [0.25, 0.3) is 0 Å². The Morgan fingerprint density at radius 2 is 1.95 bits per heavy atom. The minimum absolute atomic E-state index is 0. The van der Waals surface area contributed by atoms with Gasteiger partial charge in [0.05, 0.1) is 10.9 Å². The van der Waals surface area contributed by atoms with E-state index < -0.39 is 0 Å². The summed E-state index contributed by atoms with van der Waals surface area (Å²) in [7, 11) is 0. The molecule has 3 rings (SSSR count). The van der Waals surface area contributed by atoms with Gasteiger partial charge < -0.3 is 4.57 Å². The van der Waals surface area contributed by atoms with Gasteiger partial charge in [-0.3, -0.25) is 5.41 Å². The largest absolute Gasteiger partial charge is 0.344 e. The highest BCUT2D eigenvalue weighted by atomic mass is 35.5. The Morgan fingerprint density at radius 1 is 1.15 bits per heavy atom. The summed E-state index contributed by atoms with van der Waals surface area (Å²) >= 11 is 0. The predicted molar refractivity (Wildman–Crippen MR) is 86.6 cm³/mol. The molecule has 1 heterocycles. The fourth-order valence-corrected chi connectivity index (χ4v) is 3.30. The van der Waals surface area contributed by atoms with Gasteiger partial charge in [-0.2, -0.15) is 0 Å². The molecule has 0 spiro atoms. The Kier molecular flexibility index (Phi) is 4.87. The van der Waals surface area contributed by atoms with Crippen molar-refractivity contribution in [1.29, 1.82) is 5.41 Å². The molecule has 0 radical (unpaired) electrons. The number of para-hydroxylation sites is 1. The first-order valence-corrected chi connectivity index (χ1v) is 7.51. The lowest BCUT2D eigenvalue weighted by molar-refractivity contribution is 0.596. The van der Waals surface area contributed by atoms with Crippen molar-refractivity contribution in [3.8, 4) is 0 Å². The third-order valence-corrected chi connectivity index (χ3v) is 4.27. The summed E-state index contributed by atoms with van der Waals surface area (Å²) < 4.78 is 2.49. The van der Waals surface area contributed by atoms with Crippen LogP contribution in [-0.4, -0.2) is 4.57 Å². The molecule has 1 aromatic carbocycles. The zero-order valence-corrected chi connectivity index (χ0v) is 12.9. The normalized spacial score (nSPS) is 13.2. The fourth-order valence-electron chi connectivity index (χ4n) is 3.30. The fraction of sp³-hybridized carbons (Fsp3) is 0.471. The number of nitrogens with zero attached hydrogens (tertiary/aromatic N) is 1. The van der Waals surface area contributed by atoms with Gasteiger partial charge in [0.2, 0.25) is 0 Å². The van der Waals surface area contributed by atoms with E-state index in [4.69, 9.17) is 5.41 Å². The average Bonchev–Trinajstić information content (AvgIpc) is 2.92. The number of halogens is 1. The predicted octanol–water partition coefficient (Wildman–Crippen LogP) is 4.22. The molecule has 0 amide bonds. The summed E-state index contributed by atoms with van der Waals surface area (Å²) in [5, 5.41) is 10.3. The Bertz CT molecular complexity index is 658. The zero-order valence-electron chi connectivity index (χ0n) is 12.1. The number of fused-ring (bicyclic) bond motifs is 2. The molecule has 1 N–H and O–H groups in total. The number of hydrogen-bond acceptors (Lipinski definition) is 1. The molecular weight excluding hydrogens is 268 g/mol. The van der Waals surface area contributed by atoms with E-state index in [0.29, 0.717) is 0 Å². The van der Waals surface area contributed by atoms with Crippen LogP contribution in [0.25, 0.3) is 10.9 Å². The van der Waals surface area contributed by atoms with Gasteiger partial charge in [0.1, 0.15) is 0 Å². The summed E-state index contributed by atoms with van der Waals surface area (Å²) in [6.07, 6.45) is 7.25. The highest BCUT2D eigenvalue weighted by Gasteiger charge is 2.18. The van der Waals surface area contributed by atoms with Crippen LogP contribution in [0.3, 0.4) is 0 Å². The van der Waals surface area contributed by atoms with Crippen molar-refractivity contribution >= 4 is 23.3 Å². The lowest BCUT2D eigenvalue weighted by Gasteiger charge is -2.17. The maximum Gasteiger partial charge on any atom is 0.0682 e. The Morgan fingerprint density at radius 3 is 2.75 bits per heavy atom. The molecule has 2 nitrogen and oxygen atoms in total. The molecule has 0 fully saturated rings. The molecule has 1 aliphatic carbocycles. The highest BCUT2D eigenvalue weighted by Crippen LogP contribution is 2.24. The minimum Gasteiger partial charge on any atom is -0.344 e. The standard InChI is InChI=1S/C17H22N2.ClH/c1-2-3-6-12-19-15-10-5-4-8-13(15)17(18)14-9-7-11-16(14)19;/h4-5,8,10,18H,2-3,6-7,9,11-12H2,1H3;1H. The van der Waals surface area contributed by atoms with Crippen molar-refractivity contribution in [3.63, 3.8) is 0 Å². The molecule has 1 aliphatic rings. The van der Waals surface area contributed by atoms with E-state index in [-0.39, 0.29) is 12.4 Å². The minimum atomic E-state index is 0. The van der Waals surface area contributed by atoms with Crippen LogP contribution in [0.5, 0.6) is 0 Å². The van der Waals surface area contributed by atoms with E-state index in [9.17, 15) is 0 Å². The summed E-state index contributed by atoms with van der Waals surface area (Å²) in [5.74, 6) is 0. The van der Waals surface area contributed by atoms with Gasteiger partial charge in [0, 0.05) is 17.6 Å². The highest BCUT2D eigenvalue weighted by molar-refractivity contribution is 5.85.